The Bertz CT molecular complexity index is 1740. The predicted octanol–water partition coefficient (Wildman–Crippen LogP) is 7.77. The average Bonchev–Trinajstić information content (AvgIpc) is 3.41. The highest BCUT2D eigenvalue weighted by Crippen LogP contribution is 2.42. The van der Waals surface area contributed by atoms with Crippen LogP contribution in [0.1, 0.15) is 51.9 Å². The summed E-state index contributed by atoms with van der Waals surface area (Å²) in [5.74, 6) is -0.147. The summed E-state index contributed by atoms with van der Waals surface area (Å²) in [6.45, 7) is 2.92. The van der Waals surface area contributed by atoms with E-state index in [-0.39, 0.29) is 35.8 Å². The molecule has 2 heterocycles. The maximum atomic E-state index is 12.7. The number of amides is 1. The second-order valence-electron chi connectivity index (χ2n) is 11.1. The molecule has 5 aromatic rings. The van der Waals surface area contributed by atoms with E-state index in [2.05, 4.69) is 23.3 Å². The normalized spacial score (nSPS) is 19.7. The van der Waals surface area contributed by atoms with Crippen molar-refractivity contribution in [3.63, 3.8) is 0 Å². The fraction of sp³-hybridized carbons (Fsp3) is 0.222. The fourth-order valence-electron chi connectivity index (χ4n) is 5.64. The molecule has 1 fully saturated rings. The zero-order chi connectivity index (χ0) is 31.3. The van der Waals surface area contributed by atoms with Gasteiger partial charge in [0.15, 0.2) is 11.4 Å². The molecule has 0 saturated carbocycles. The first-order valence-corrected chi connectivity index (χ1v) is 15.5. The van der Waals surface area contributed by atoms with Crippen LogP contribution in [0.4, 0.5) is 0 Å². The number of ether oxygens (including phenoxy) is 2. The molecule has 6 rings (SSSR count). The molecule has 1 aromatic heterocycles. The second kappa shape index (κ2) is 14.0. The number of aliphatic hydroxyl groups is 1. The van der Waals surface area contributed by atoms with Crippen LogP contribution in [0, 0.1) is 5.92 Å². The first-order valence-electron chi connectivity index (χ1n) is 14.8. The van der Waals surface area contributed by atoms with Gasteiger partial charge >= 0.3 is 0 Å². The van der Waals surface area contributed by atoms with E-state index in [1.165, 1.54) is 0 Å². The van der Waals surface area contributed by atoms with Crippen molar-refractivity contribution in [3.8, 4) is 11.1 Å². The molecule has 0 bridgehead atoms. The van der Waals surface area contributed by atoms with Crippen molar-refractivity contribution in [1.29, 1.82) is 0 Å². The van der Waals surface area contributed by atoms with Crippen molar-refractivity contribution < 1.29 is 19.4 Å². The molecular formula is C36H33Cl2N3O4. The number of hydrogen-bond donors (Lipinski definition) is 2. The van der Waals surface area contributed by atoms with Crippen molar-refractivity contribution in [2.45, 2.75) is 45.1 Å². The topological polar surface area (TPSA) is 85.6 Å². The summed E-state index contributed by atoms with van der Waals surface area (Å²) in [6, 6.07) is 33.1. The highest BCUT2D eigenvalue weighted by Gasteiger charge is 2.39. The molecule has 1 saturated heterocycles. The lowest BCUT2D eigenvalue weighted by Gasteiger charge is -2.41. The van der Waals surface area contributed by atoms with E-state index in [9.17, 15) is 9.90 Å². The zero-order valence-corrected chi connectivity index (χ0v) is 26.2. The van der Waals surface area contributed by atoms with Crippen molar-refractivity contribution >= 4 is 29.1 Å². The highest BCUT2D eigenvalue weighted by molar-refractivity contribution is 6.40. The fourth-order valence-corrected chi connectivity index (χ4v) is 5.95. The molecule has 7 nitrogen and oxygen atoms in total. The van der Waals surface area contributed by atoms with Gasteiger partial charge in [-0.3, -0.25) is 4.79 Å². The van der Waals surface area contributed by atoms with Gasteiger partial charge in [0.05, 0.1) is 31.7 Å². The van der Waals surface area contributed by atoms with Crippen LogP contribution in [0.5, 0.6) is 0 Å². The number of aromatic nitrogens is 2. The third kappa shape index (κ3) is 6.98. The van der Waals surface area contributed by atoms with Crippen molar-refractivity contribution in [2.75, 3.05) is 0 Å². The Morgan fingerprint density at radius 1 is 0.889 bits per heavy atom. The third-order valence-electron chi connectivity index (χ3n) is 8.22. The van der Waals surface area contributed by atoms with Crippen molar-refractivity contribution in [3.05, 3.63) is 148 Å². The molecule has 2 N–H and O–H groups in total. The monoisotopic (exact) mass is 641 g/mol. The Kier molecular flexibility index (Phi) is 9.64. The van der Waals surface area contributed by atoms with Gasteiger partial charge in [0.2, 0.25) is 0 Å². The Morgan fingerprint density at radius 3 is 2.27 bits per heavy atom. The number of benzene rings is 4. The van der Waals surface area contributed by atoms with E-state index in [4.69, 9.17) is 32.7 Å². The van der Waals surface area contributed by atoms with Gasteiger partial charge in [0, 0.05) is 23.6 Å². The van der Waals surface area contributed by atoms with Gasteiger partial charge in [-0.05, 0) is 39.9 Å². The van der Waals surface area contributed by atoms with Crippen molar-refractivity contribution in [2.24, 2.45) is 5.92 Å². The smallest absolute Gasteiger partial charge is 0.251 e. The Labute approximate surface area is 272 Å². The number of imidazole rings is 1. The summed E-state index contributed by atoms with van der Waals surface area (Å²) in [4.78, 5) is 16.8. The van der Waals surface area contributed by atoms with E-state index in [0.717, 1.165) is 33.4 Å². The minimum Gasteiger partial charge on any atom is -0.392 e. The molecule has 1 aliphatic heterocycles. The molecule has 4 aromatic carbocycles. The number of aliphatic hydroxyl groups excluding tert-OH is 1. The van der Waals surface area contributed by atoms with E-state index in [0.29, 0.717) is 23.8 Å². The van der Waals surface area contributed by atoms with Gasteiger partial charge in [-0.25, -0.2) is 4.98 Å². The minimum absolute atomic E-state index is 0.0233. The maximum absolute atomic E-state index is 12.7. The number of rotatable bonds is 9. The van der Waals surface area contributed by atoms with E-state index >= 15 is 0 Å². The summed E-state index contributed by atoms with van der Waals surface area (Å²) in [5.41, 5.74) is 6.38. The maximum Gasteiger partial charge on any atom is 0.251 e. The Morgan fingerprint density at radius 2 is 1.58 bits per heavy atom. The number of nitrogens with one attached hydrogen (secondary N) is 1. The van der Waals surface area contributed by atoms with E-state index in [1.807, 2.05) is 84.9 Å². The van der Waals surface area contributed by atoms with Crippen LogP contribution in [-0.4, -0.2) is 26.7 Å². The average molecular weight is 643 g/mol. The van der Waals surface area contributed by atoms with Crippen LogP contribution >= 0.6 is 23.2 Å². The predicted molar refractivity (Wildman–Crippen MR) is 175 cm³/mol. The standard InChI is InChI=1S/C36H33Cl2N3O4/c1-23-31(20-41-22-40-33(37)34(41)38)44-36(45-32(23)26-13-11-24(21-42)12-14-26)28-17-15-25(16-18-28)30-10-6-5-9-29(30)19-39-35(43)27-7-3-2-4-8-27/h2-18,22-23,31-32,36,42H,19-21H2,1H3,(H,39,43)/t23-,31+,32+,36+/m1/s1. The lowest BCUT2D eigenvalue weighted by molar-refractivity contribution is -0.276. The Hall–Kier alpha value is -3.98. The van der Waals surface area contributed by atoms with Gasteiger partial charge in [-0.2, -0.15) is 0 Å². The summed E-state index contributed by atoms with van der Waals surface area (Å²) in [5, 5.41) is 13.2. The summed E-state index contributed by atoms with van der Waals surface area (Å²) >= 11 is 12.5. The number of halogens is 2. The molecule has 0 radical (unpaired) electrons. The SMILES string of the molecule is C[C@@H]1[C@H](Cn2cnc(Cl)c2Cl)O[C@H](c2ccc(-c3ccccc3CNC(=O)c3ccccc3)cc2)O[C@@H]1c1ccc(CO)cc1. The second-order valence-corrected chi connectivity index (χ2v) is 11.8. The molecule has 1 amide bonds. The van der Waals surface area contributed by atoms with Gasteiger partial charge in [0.1, 0.15) is 5.15 Å². The summed E-state index contributed by atoms with van der Waals surface area (Å²) in [7, 11) is 0. The largest absolute Gasteiger partial charge is 0.392 e. The number of hydrogen-bond acceptors (Lipinski definition) is 5. The van der Waals surface area contributed by atoms with Crippen LogP contribution in [0.3, 0.4) is 0 Å². The van der Waals surface area contributed by atoms with Gasteiger partial charge in [-0.1, -0.05) is 121 Å². The van der Waals surface area contributed by atoms with Crippen LogP contribution in [-0.2, 0) is 29.2 Å². The molecule has 1 aliphatic rings. The van der Waals surface area contributed by atoms with Crippen LogP contribution in [0.15, 0.2) is 109 Å². The van der Waals surface area contributed by atoms with Gasteiger partial charge in [0.25, 0.3) is 5.91 Å². The van der Waals surface area contributed by atoms with Crippen LogP contribution in [0.25, 0.3) is 11.1 Å². The van der Waals surface area contributed by atoms with E-state index in [1.54, 1.807) is 23.0 Å². The van der Waals surface area contributed by atoms with Crippen LogP contribution in [0.2, 0.25) is 10.3 Å². The zero-order valence-electron chi connectivity index (χ0n) is 24.6. The number of nitrogens with zero attached hydrogens (tertiary/aromatic N) is 2. The van der Waals surface area contributed by atoms with Gasteiger partial charge in [-0.15, -0.1) is 0 Å². The van der Waals surface area contributed by atoms with E-state index < -0.39 is 6.29 Å². The molecule has 45 heavy (non-hydrogen) atoms. The molecule has 0 unspecified atom stereocenters. The lowest BCUT2D eigenvalue weighted by Crippen LogP contribution is -2.39. The first-order chi connectivity index (χ1) is 21.9. The first kappa shape index (κ1) is 31.0. The highest BCUT2D eigenvalue weighted by atomic mass is 35.5. The summed E-state index contributed by atoms with van der Waals surface area (Å²) < 4.78 is 15.0. The summed E-state index contributed by atoms with van der Waals surface area (Å²) in [6.07, 6.45) is 0.446. The molecule has 0 spiro atoms. The molecule has 0 aliphatic carbocycles. The lowest BCUT2D eigenvalue weighted by atomic mass is 9.90. The quantitative estimate of drug-likeness (QED) is 0.172. The third-order valence-corrected chi connectivity index (χ3v) is 8.99. The molecule has 230 valence electrons. The number of carbonyl (C=O) groups excluding carboxylic acids is 1. The molecule has 9 heteroatoms. The number of carbonyl (C=O) groups is 1. The van der Waals surface area contributed by atoms with Crippen molar-refractivity contribution in [1.82, 2.24) is 14.9 Å². The molecular weight excluding hydrogens is 609 g/mol. The van der Waals surface area contributed by atoms with Crippen LogP contribution < -0.4 is 5.32 Å². The molecule has 4 atom stereocenters. The minimum atomic E-state index is -0.638. The Balaban J connectivity index is 1.24. The van der Waals surface area contributed by atoms with Gasteiger partial charge < -0.3 is 24.5 Å².